The van der Waals surface area contributed by atoms with Crippen molar-refractivity contribution in [1.82, 2.24) is 0 Å². The van der Waals surface area contributed by atoms with Crippen LogP contribution in [0.2, 0.25) is 0 Å². The average Bonchev–Trinajstić information content (AvgIpc) is 2.87. The molecule has 0 unspecified atom stereocenters. The van der Waals surface area contributed by atoms with E-state index in [4.69, 9.17) is 14.2 Å². The first-order valence-corrected chi connectivity index (χ1v) is 10.2. The Morgan fingerprint density at radius 3 is 1.43 bits per heavy atom. The van der Waals surface area contributed by atoms with Gasteiger partial charge < -0.3 is 19.3 Å². The lowest BCUT2D eigenvalue weighted by Gasteiger charge is -2.15. The molecule has 2 aromatic rings. The van der Waals surface area contributed by atoms with Gasteiger partial charge in [-0.3, -0.25) is 4.79 Å². The average molecular weight is 478 g/mol. The second kappa shape index (κ2) is 12.4. The van der Waals surface area contributed by atoms with Gasteiger partial charge in [-0.2, -0.15) is 0 Å². The fourth-order valence-corrected chi connectivity index (χ4v) is 3.04. The Morgan fingerprint density at radius 2 is 1.00 bits per heavy atom. The van der Waals surface area contributed by atoms with Gasteiger partial charge in [0.2, 0.25) is 0 Å². The van der Waals surface area contributed by atoms with Gasteiger partial charge in [0.25, 0.3) is 0 Å². The van der Waals surface area contributed by atoms with E-state index in [2.05, 4.69) is 19.7 Å². The molecule has 9 heteroatoms. The minimum atomic E-state index is -1.47. The third-order valence-electron chi connectivity index (χ3n) is 4.47. The number of ether oxygens (including phenoxy) is 3. The molecule has 0 aliphatic rings. The molecule has 0 aliphatic heterocycles. The van der Waals surface area contributed by atoms with Crippen LogP contribution in [-0.2, 0) is 14.2 Å². The first kappa shape index (κ1) is 26.5. The van der Waals surface area contributed by atoms with Crippen molar-refractivity contribution >= 4 is 29.7 Å². The zero-order chi connectivity index (χ0) is 26.0. The normalized spacial score (nSPS) is 9.94. The largest absolute Gasteiger partial charge is 0.478 e. The number of carboxylic acid groups (broad SMARTS) is 1. The fraction of sp³-hybridized carbons (Fsp3) is 0.115. The van der Waals surface area contributed by atoms with Crippen molar-refractivity contribution in [2.75, 3.05) is 19.8 Å². The highest BCUT2D eigenvalue weighted by Crippen LogP contribution is 2.25. The summed E-state index contributed by atoms with van der Waals surface area (Å²) in [5, 5.41) is 9.56. The number of aromatic carboxylic acids is 1. The van der Waals surface area contributed by atoms with Crippen molar-refractivity contribution < 1.29 is 43.3 Å². The van der Waals surface area contributed by atoms with Crippen LogP contribution in [0.1, 0.15) is 57.4 Å². The maximum absolute atomic E-state index is 13.6. The van der Waals surface area contributed by atoms with Crippen molar-refractivity contribution in [3.63, 3.8) is 0 Å². The van der Waals surface area contributed by atoms with Crippen LogP contribution in [0.4, 0.5) is 0 Å². The zero-order valence-electron chi connectivity index (χ0n) is 18.7. The molecule has 0 radical (unpaired) electrons. The molecule has 0 atom stereocenters. The number of carboxylic acids is 1. The van der Waals surface area contributed by atoms with E-state index in [0.29, 0.717) is 0 Å². The zero-order valence-corrected chi connectivity index (χ0v) is 18.7. The van der Waals surface area contributed by atoms with E-state index in [-0.39, 0.29) is 36.5 Å². The maximum Gasteiger partial charge on any atom is 0.340 e. The van der Waals surface area contributed by atoms with E-state index >= 15 is 0 Å². The number of esters is 3. The van der Waals surface area contributed by atoms with Crippen molar-refractivity contribution in [3.8, 4) is 0 Å². The van der Waals surface area contributed by atoms with Crippen LogP contribution >= 0.6 is 0 Å². The Morgan fingerprint density at radius 1 is 0.629 bits per heavy atom. The Hall–Kier alpha value is -4.79. The molecule has 0 spiro atoms. The van der Waals surface area contributed by atoms with Gasteiger partial charge in [-0.1, -0.05) is 62.2 Å². The molecular formula is C26H22O9. The summed E-state index contributed by atoms with van der Waals surface area (Å²) in [7, 11) is 0. The van der Waals surface area contributed by atoms with Gasteiger partial charge in [0, 0.05) is 11.1 Å². The summed E-state index contributed by atoms with van der Waals surface area (Å²) in [6, 6.07) is 7.44. The highest BCUT2D eigenvalue weighted by Gasteiger charge is 2.31. The van der Waals surface area contributed by atoms with Crippen molar-refractivity contribution in [2.24, 2.45) is 0 Å². The molecule has 9 nitrogen and oxygen atoms in total. The summed E-state index contributed by atoms with van der Waals surface area (Å²) >= 11 is 0. The van der Waals surface area contributed by atoms with Crippen LogP contribution in [0, 0.1) is 0 Å². The number of carbonyl (C=O) groups excluding carboxylic acids is 4. The lowest BCUT2D eigenvalue weighted by atomic mass is 9.90. The minimum Gasteiger partial charge on any atom is -0.478 e. The van der Waals surface area contributed by atoms with Gasteiger partial charge in [-0.15, -0.1) is 0 Å². The van der Waals surface area contributed by atoms with E-state index in [1.807, 2.05) is 0 Å². The number of ketones is 1. The Balaban J connectivity index is 2.75. The Bertz CT molecular complexity index is 1210. The second-order valence-corrected chi connectivity index (χ2v) is 6.75. The van der Waals surface area contributed by atoms with Crippen LogP contribution in [0.15, 0.2) is 74.4 Å². The molecule has 0 amide bonds. The SMILES string of the molecule is C=CCOC(=O)c1cccc(C(=O)c2cccc(C(=O)O)c2C(=O)OCC=C)c1C(=O)OCC=C. The van der Waals surface area contributed by atoms with Gasteiger partial charge in [-0.05, 0) is 12.1 Å². The predicted octanol–water partition coefficient (Wildman–Crippen LogP) is 3.64. The summed E-state index contributed by atoms with van der Waals surface area (Å²) in [5.74, 6) is -5.41. The Kier molecular flexibility index (Phi) is 9.41. The summed E-state index contributed by atoms with van der Waals surface area (Å²) in [4.78, 5) is 63.4. The van der Waals surface area contributed by atoms with Crippen LogP contribution in [0.5, 0.6) is 0 Å². The summed E-state index contributed by atoms with van der Waals surface area (Å²) in [6.07, 6.45) is 3.89. The predicted molar refractivity (Wildman–Crippen MR) is 125 cm³/mol. The molecule has 0 aliphatic carbocycles. The number of benzene rings is 2. The standard InChI is InChI=1S/C26H22O9/c1-4-13-33-24(30)19-12-8-10-17(21(19)26(32)35-15-6-3)22(27)16-9-7-11-18(23(28)29)20(16)25(31)34-14-5-2/h4-12H,1-3,13-15H2,(H,28,29). The number of rotatable bonds is 12. The number of hydrogen-bond donors (Lipinski definition) is 1. The second-order valence-electron chi connectivity index (χ2n) is 6.75. The molecule has 0 saturated carbocycles. The molecule has 0 heterocycles. The summed E-state index contributed by atoms with van der Waals surface area (Å²) < 4.78 is 15.0. The molecule has 0 bridgehead atoms. The van der Waals surface area contributed by atoms with Gasteiger partial charge in [0.1, 0.15) is 19.8 Å². The van der Waals surface area contributed by atoms with Crippen LogP contribution in [0.25, 0.3) is 0 Å². The molecule has 2 aromatic carbocycles. The van der Waals surface area contributed by atoms with E-state index in [0.717, 1.165) is 6.07 Å². The highest BCUT2D eigenvalue weighted by atomic mass is 16.5. The molecular weight excluding hydrogens is 456 g/mol. The lowest BCUT2D eigenvalue weighted by Crippen LogP contribution is -2.22. The monoisotopic (exact) mass is 478 g/mol. The van der Waals surface area contributed by atoms with Crippen molar-refractivity contribution in [3.05, 3.63) is 108 Å². The maximum atomic E-state index is 13.6. The molecule has 0 fully saturated rings. The van der Waals surface area contributed by atoms with Crippen LogP contribution in [0.3, 0.4) is 0 Å². The Labute approximate surface area is 200 Å². The third-order valence-corrected chi connectivity index (χ3v) is 4.47. The molecule has 180 valence electrons. The number of carbonyl (C=O) groups is 5. The van der Waals surface area contributed by atoms with Gasteiger partial charge in [-0.25, -0.2) is 19.2 Å². The fourth-order valence-electron chi connectivity index (χ4n) is 3.04. The molecule has 0 saturated heterocycles. The van der Waals surface area contributed by atoms with E-state index in [9.17, 15) is 29.1 Å². The first-order chi connectivity index (χ1) is 16.8. The van der Waals surface area contributed by atoms with Crippen LogP contribution < -0.4 is 0 Å². The first-order valence-electron chi connectivity index (χ1n) is 10.2. The van der Waals surface area contributed by atoms with Gasteiger partial charge >= 0.3 is 23.9 Å². The van der Waals surface area contributed by atoms with E-state index in [1.165, 1.54) is 48.6 Å². The summed E-state index contributed by atoms with van der Waals surface area (Å²) in [5.41, 5.74) is -2.35. The topological polar surface area (TPSA) is 133 Å². The minimum absolute atomic E-state index is 0.155. The molecule has 1 N–H and O–H groups in total. The summed E-state index contributed by atoms with van der Waals surface area (Å²) in [6.45, 7) is 9.72. The molecule has 2 rings (SSSR count). The van der Waals surface area contributed by atoms with Crippen molar-refractivity contribution in [2.45, 2.75) is 0 Å². The van der Waals surface area contributed by atoms with Crippen LogP contribution in [-0.4, -0.2) is 54.6 Å². The number of hydrogen-bond acceptors (Lipinski definition) is 8. The van der Waals surface area contributed by atoms with Gasteiger partial charge in [0.05, 0.1) is 22.3 Å². The van der Waals surface area contributed by atoms with Crippen molar-refractivity contribution in [1.29, 1.82) is 0 Å². The highest BCUT2D eigenvalue weighted by molar-refractivity contribution is 6.21. The van der Waals surface area contributed by atoms with E-state index in [1.54, 1.807) is 0 Å². The third kappa shape index (κ3) is 6.17. The molecule has 35 heavy (non-hydrogen) atoms. The van der Waals surface area contributed by atoms with E-state index < -0.39 is 46.4 Å². The smallest absolute Gasteiger partial charge is 0.340 e. The quantitative estimate of drug-likeness (QED) is 0.210. The van der Waals surface area contributed by atoms with Gasteiger partial charge in [0.15, 0.2) is 5.78 Å². The lowest BCUT2D eigenvalue weighted by molar-refractivity contribution is 0.0501. The molecule has 0 aromatic heterocycles.